The van der Waals surface area contributed by atoms with Gasteiger partial charge in [0.2, 0.25) is 0 Å². The highest BCUT2D eigenvalue weighted by Gasteiger charge is 2.34. The van der Waals surface area contributed by atoms with E-state index in [0.717, 1.165) is 10.4 Å². The van der Waals surface area contributed by atoms with Gasteiger partial charge in [-0.1, -0.05) is 30.3 Å². The highest BCUT2D eigenvalue weighted by Crippen LogP contribution is 2.19. The molecule has 1 aliphatic heterocycles. The molecule has 7 heteroatoms. The fourth-order valence-corrected chi connectivity index (χ4v) is 3.73. The molecule has 6 nitrogen and oxygen atoms in total. The van der Waals surface area contributed by atoms with E-state index in [-0.39, 0.29) is 0 Å². The summed E-state index contributed by atoms with van der Waals surface area (Å²) in [7, 11) is 0. The number of fused-ring (bicyclic) bond motifs is 1. The van der Waals surface area contributed by atoms with Crippen LogP contribution in [-0.4, -0.2) is 52.2 Å². The van der Waals surface area contributed by atoms with Gasteiger partial charge in [-0.3, -0.25) is 9.59 Å². The number of hydrogen-bond donors (Lipinski definition) is 3. The molecule has 2 aromatic rings. The third-order valence-electron chi connectivity index (χ3n) is 4.51. The van der Waals surface area contributed by atoms with Crippen molar-refractivity contribution in [2.45, 2.75) is 31.6 Å². The first kappa shape index (κ1) is 18.6. The van der Waals surface area contributed by atoms with Crippen LogP contribution in [0.25, 0.3) is 0 Å². The molecule has 0 aliphatic carbocycles. The summed E-state index contributed by atoms with van der Waals surface area (Å²) in [5.74, 6) is -1.36. The molecule has 3 rings (SSSR count). The van der Waals surface area contributed by atoms with E-state index in [9.17, 15) is 19.8 Å². The minimum Gasteiger partial charge on any atom is -0.380 e. The van der Waals surface area contributed by atoms with Crippen molar-refractivity contribution in [3.8, 4) is 0 Å². The maximum atomic E-state index is 12.5. The highest BCUT2D eigenvalue weighted by atomic mass is 32.1. The molecule has 0 radical (unpaired) electrons. The zero-order valence-electron chi connectivity index (χ0n) is 14.3. The van der Waals surface area contributed by atoms with Crippen LogP contribution in [0.4, 0.5) is 0 Å². The van der Waals surface area contributed by atoms with Gasteiger partial charge in [0.05, 0.1) is 0 Å². The third kappa shape index (κ3) is 4.30. The highest BCUT2D eigenvalue weighted by molar-refractivity contribution is 7.09. The van der Waals surface area contributed by atoms with Crippen molar-refractivity contribution in [2.75, 3.05) is 13.1 Å². The zero-order valence-corrected chi connectivity index (χ0v) is 15.1. The first-order valence-electron chi connectivity index (χ1n) is 8.58. The molecule has 0 saturated heterocycles. The first-order chi connectivity index (χ1) is 12.6. The average molecular weight is 374 g/mol. The van der Waals surface area contributed by atoms with E-state index in [1.54, 1.807) is 11.3 Å². The number of carbonyl (C=O) groups excluding carboxylic acids is 2. The number of carbonyl (C=O) groups is 2. The van der Waals surface area contributed by atoms with E-state index in [0.29, 0.717) is 32.5 Å². The monoisotopic (exact) mass is 374 g/mol. The molecular formula is C19H22N2O4S. The first-order valence-corrected chi connectivity index (χ1v) is 9.46. The summed E-state index contributed by atoms with van der Waals surface area (Å²) in [5, 5.41) is 24.7. The molecule has 0 fully saturated rings. The molecule has 2 heterocycles. The second-order valence-corrected chi connectivity index (χ2v) is 7.32. The van der Waals surface area contributed by atoms with Crippen molar-refractivity contribution in [3.63, 3.8) is 0 Å². The summed E-state index contributed by atoms with van der Waals surface area (Å²) in [6.07, 6.45) is -2.20. The van der Waals surface area contributed by atoms with Crippen molar-refractivity contribution in [3.05, 3.63) is 57.8 Å². The van der Waals surface area contributed by atoms with Crippen molar-refractivity contribution in [2.24, 2.45) is 0 Å². The fourth-order valence-electron chi connectivity index (χ4n) is 3.02. The standard InChI is InChI=1S/C19H22N2O4S/c22-16(18(24)20-9-7-15-6-3-11-26-15)17(23)19(25)21-10-8-13-4-1-2-5-14(13)12-21/h1-6,11,16-17,22-23H,7-10,12H2,(H,20,24)/t16-,17-/m1/s1. The van der Waals surface area contributed by atoms with E-state index in [4.69, 9.17) is 0 Å². The summed E-state index contributed by atoms with van der Waals surface area (Å²) < 4.78 is 0. The molecule has 0 unspecified atom stereocenters. The lowest BCUT2D eigenvalue weighted by Gasteiger charge is -2.31. The maximum absolute atomic E-state index is 12.5. The number of nitrogens with one attached hydrogen (secondary N) is 1. The number of aliphatic hydroxyl groups is 2. The van der Waals surface area contributed by atoms with Crippen LogP contribution >= 0.6 is 11.3 Å². The van der Waals surface area contributed by atoms with Gasteiger partial charge in [-0.2, -0.15) is 0 Å². The molecule has 0 bridgehead atoms. The van der Waals surface area contributed by atoms with Crippen LogP contribution in [-0.2, 0) is 29.0 Å². The summed E-state index contributed by atoms with van der Waals surface area (Å²) >= 11 is 1.58. The van der Waals surface area contributed by atoms with Crippen LogP contribution in [0.15, 0.2) is 41.8 Å². The van der Waals surface area contributed by atoms with E-state index in [2.05, 4.69) is 5.32 Å². The van der Waals surface area contributed by atoms with E-state index in [1.165, 1.54) is 10.5 Å². The number of aliphatic hydroxyl groups excluding tert-OH is 2. The van der Waals surface area contributed by atoms with Crippen LogP contribution in [0, 0.1) is 0 Å². The molecule has 1 aromatic carbocycles. The summed E-state index contributed by atoms with van der Waals surface area (Å²) in [6, 6.07) is 11.7. The molecule has 0 saturated carbocycles. The van der Waals surface area contributed by atoms with E-state index in [1.807, 2.05) is 41.8 Å². The van der Waals surface area contributed by atoms with Crippen molar-refractivity contribution < 1.29 is 19.8 Å². The Balaban J connectivity index is 1.51. The Kier molecular flexibility index (Phi) is 6.03. The van der Waals surface area contributed by atoms with Crippen LogP contribution < -0.4 is 5.32 Å². The minimum atomic E-state index is -1.77. The Labute approximate surface area is 156 Å². The number of rotatable bonds is 6. The topological polar surface area (TPSA) is 89.9 Å². The van der Waals surface area contributed by atoms with Crippen molar-refractivity contribution >= 4 is 23.2 Å². The second-order valence-electron chi connectivity index (χ2n) is 6.29. The van der Waals surface area contributed by atoms with Gasteiger partial charge in [0.15, 0.2) is 12.2 Å². The Morgan fingerprint density at radius 1 is 1.12 bits per heavy atom. The molecule has 138 valence electrons. The number of thiophene rings is 1. The quantitative estimate of drug-likeness (QED) is 0.695. The predicted molar refractivity (Wildman–Crippen MR) is 98.6 cm³/mol. The van der Waals surface area contributed by atoms with E-state index >= 15 is 0 Å². The lowest BCUT2D eigenvalue weighted by Crippen LogP contribution is -2.51. The predicted octanol–water partition coefficient (Wildman–Crippen LogP) is 0.713. The Morgan fingerprint density at radius 2 is 1.88 bits per heavy atom. The minimum absolute atomic E-state index is 0.342. The third-order valence-corrected chi connectivity index (χ3v) is 5.45. The SMILES string of the molecule is O=C(NCCc1cccs1)[C@H](O)[C@@H](O)C(=O)N1CCc2ccccc2C1. The largest absolute Gasteiger partial charge is 0.380 e. The zero-order chi connectivity index (χ0) is 18.5. The number of amides is 2. The Hall–Kier alpha value is -2.22. The molecule has 0 spiro atoms. The molecule has 3 N–H and O–H groups in total. The van der Waals surface area contributed by atoms with E-state index < -0.39 is 24.0 Å². The smallest absolute Gasteiger partial charge is 0.255 e. The summed E-state index contributed by atoms with van der Waals surface area (Å²) in [4.78, 5) is 27.1. The molecule has 26 heavy (non-hydrogen) atoms. The van der Waals surface area contributed by atoms with Crippen LogP contribution in [0.2, 0.25) is 0 Å². The Morgan fingerprint density at radius 3 is 2.62 bits per heavy atom. The summed E-state index contributed by atoms with van der Waals surface area (Å²) in [5.41, 5.74) is 2.20. The second kappa shape index (κ2) is 8.44. The van der Waals surface area contributed by atoms with Crippen LogP contribution in [0.5, 0.6) is 0 Å². The Bertz CT molecular complexity index is 763. The maximum Gasteiger partial charge on any atom is 0.255 e. The summed E-state index contributed by atoms with van der Waals surface area (Å²) in [6.45, 7) is 1.17. The van der Waals surface area contributed by atoms with Gasteiger partial charge in [0, 0.05) is 24.5 Å². The van der Waals surface area contributed by atoms with Crippen molar-refractivity contribution in [1.29, 1.82) is 0 Å². The molecular weight excluding hydrogens is 352 g/mol. The number of benzene rings is 1. The fraction of sp³-hybridized carbons (Fsp3) is 0.368. The van der Waals surface area contributed by atoms with Gasteiger partial charge >= 0.3 is 0 Å². The van der Waals surface area contributed by atoms with Gasteiger partial charge in [-0.15, -0.1) is 11.3 Å². The van der Waals surface area contributed by atoms with Crippen LogP contribution in [0.3, 0.4) is 0 Å². The van der Waals surface area contributed by atoms with Gasteiger partial charge in [-0.25, -0.2) is 0 Å². The number of hydrogen-bond acceptors (Lipinski definition) is 5. The molecule has 2 amide bonds. The molecule has 1 aromatic heterocycles. The lowest BCUT2D eigenvalue weighted by atomic mass is 9.99. The van der Waals surface area contributed by atoms with Crippen molar-refractivity contribution in [1.82, 2.24) is 10.2 Å². The number of nitrogens with zero attached hydrogens (tertiary/aromatic N) is 1. The van der Waals surface area contributed by atoms with Crippen LogP contribution in [0.1, 0.15) is 16.0 Å². The molecule has 1 aliphatic rings. The average Bonchev–Trinajstić information content (AvgIpc) is 3.19. The normalized spacial score (nSPS) is 15.8. The lowest BCUT2D eigenvalue weighted by molar-refractivity contribution is -0.153. The van der Waals surface area contributed by atoms with Gasteiger partial charge < -0.3 is 20.4 Å². The van der Waals surface area contributed by atoms with Gasteiger partial charge in [-0.05, 0) is 35.4 Å². The van der Waals surface area contributed by atoms with Gasteiger partial charge in [0.25, 0.3) is 11.8 Å². The van der Waals surface area contributed by atoms with Gasteiger partial charge in [0.1, 0.15) is 0 Å². The molecule has 2 atom stereocenters.